The summed E-state index contributed by atoms with van der Waals surface area (Å²) < 4.78 is 2.65. The Bertz CT molecular complexity index is 560. The molecule has 0 fully saturated rings. The Morgan fingerprint density at radius 3 is 2.39 bits per heavy atom. The van der Waals surface area contributed by atoms with Gasteiger partial charge >= 0.3 is 0 Å². The Labute approximate surface area is 121 Å². The van der Waals surface area contributed by atoms with Crippen LogP contribution in [0.25, 0.3) is 0 Å². The number of nitrogens with two attached hydrogens (primary N) is 1. The number of aryl methyl sites for hydroxylation is 1. The lowest BCUT2D eigenvalue weighted by atomic mass is 10.1. The average molecular weight is 304 g/mol. The number of hydrogen-bond donors (Lipinski definition) is 1. The zero-order chi connectivity index (χ0) is 13.4. The van der Waals surface area contributed by atoms with Gasteiger partial charge in [-0.15, -0.1) is 11.3 Å². The van der Waals surface area contributed by atoms with Gasteiger partial charge in [0.1, 0.15) is 6.04 Å². The second-order valence-corrected chi connectivity index (χ2v) is 6.50. The maximum absolute atomic E-state index is 6.19. The smallest absolute Gasteiger partial charge is 0.101 e. The second kappa shape index (κ2) is 5.21. The van der Waals surface area contributed by atoms with Crippen molar-refractivity contribution in [3.8, 4) is 0 Å². The maximum Gasteiger partial charge on any atom is 0.101 e. The first-order valence-corrected chi connectivity index (χ1v) is 7.21. The summed E-state index contributed by atoms with van der Waals surface area (Å²) in [5, 5.41) is 5.18. The van der Waals surface area contributed by atoms with Crippen LogP contribution in [-0.4, -0.2) is 15.8 Å². The van der Waals surface area contributed by atoms with Crippen molar-refractivity contribution >= 4 is 34.5 Å². The first-order valence-electron chi connectivity index (χ1n) is 5.64. The fourth-order valence-corrected chi connectivity index (χ4v) is 3.39. The lowest BCUT2D eigenvalue weighted by Gasteiger charge is -2.21. The van der Waals surface area contributed by atoms with Crippen LogP contribution >= 0.6 is 34.5 Å². The van der Waals surface area contributed by atoms with Gasteiger partial charge in [-0.25, -0.2) is 0 Å². The lowest BCUT2D eigenvalue weighted by Crippen LogP contribution is -2.31. The van der Waals surface area contributed by atoms with Crippen LogP contribution in [0.1, 0.15) is 29.2 Å². The van der Waals surface area contributed by atoms with E-state index in [0.29, 0.717) is 5.02 Å². The van der Waals surface area contributed by atoms with Crippen molar-refractivity contribution in [3.05, 3.63) is 37.8 Å². The van der Waals surface area contributed by atoms with Crippen molar-refractivity contribution in [2.24, 2.45) is 5.73 Å². The second-order valence-electron chi connectivity index (χ2n) is 4.38. The molecule has 98 valence electrons. The molecule has 0 saturated heterocycles. The summed E-state index contributed by atoms with van der Waals surface area (Å²) in [6.07, 6.45) is 0. The van der Waals surface area contributed by atoms with Crippen molar-refractivity contribution < 1.29 is 0 Å². The molecule has 0 saturated carbocycles. The normalized spacial score (nSPS) is 14.8. The van der Waals surface area contributed by atoms with E-state index in [1.54, 1.807) is 0 Å². The van der Waals surface area contributed by atoms with Crippen molar-refractivity contribution in [1.29, 1.82) is 0 Å². The molecule has 2 heterocycles. The Hall–Kier alpha value is -0.550. The van der Waals surface area contributed by atoms with Crippen molar-refractivity contribution in [2.75, 3.05) is 0 Å². The molecule has 2 atom stereocenters. The Kier molecular flexibility index (Phi) is 4.02. The Balaban J connectivity index is 2.51. The van der Waals surface area contributed by atoms with Crippen LogP contribution in [0.2, 0.25) is 9.36 Å². The summed E-state index contributed by atoms with van der Waals surface area (Å²) in [7, 11) is 0. The Morgan fingerprint density at radius 1 is 1.33 bits per heavy atom. The van der Waals surface area contributed by atoms with Gasteiger partial charge in [-0.05, 0) is 32.9 Å². The van der Waals surface area contributed by atoms with Crippen LogP contribution in [0.3, 0.4) is 0 Å². The first kappa shape index (κ1) is 13.9. The van der Waals surface area contributed by atoms with Gasteiger partial charge in [-0.2, -0.15) is 5.10 Å². The highest BCUT2D eigenvalue weighted by molar-refractivity contribution is 7.16. The SMILES string of the molecule is Cc1nn(C(c2ccc(Cl)s2)C(C)N)c(C)c1Cl. The number of rotatable bonds is 3. The van der Waals surface area contributed by atoms with Gasteiger partial charge < -0.3 is 5.73 Å². The van der Waals surface area contributed by atoms with E-state index in [1.807, 2.05) is 37.6 Å². The summed E-state index contributed by atoms with van der Waals surface area (Å²) in [5.41, 5.74) is 7.85. The highest BCUT2D eigenvalue weighted by Crippen LogP contribution is 2.33. The molecule has 0 aliphatic carbocycles. The molecule has 3 nitrogen and oxygen atoms in total. The number of halogens is 2. The van der Waals surface area contributed by atoms with E-state index in [2.05, 4.69) is 5.10 Å². The third-order valence-electron chi connectivity index (χ3n) is 2.88. The molecule has 0 aromatic carbocycles. The van der Waals surface area contributed by atoms with E-state index in [9.17, 15) is 0 Å². The summed E-state index contributed by atoms with van der Waals surface area (Å²) >= 11 is 13.7. The largest absolute Gasteiger partial charge is 0.326 e. The predicted octanol–water partition coefficient (Wildman–Crippen LogP) is 3.80. The molecule has 0 bridgehead atoms. The van der Waals surface area contributed by atoms with Crippen molar-refractivity contribution in [1.82, 2.24) is 9.78 Å². The van der Waals surface area contributed by atoms with Gasteiger partial charge in [0.25, 0.3) is 0 Å². The molecule has 0 amide bonds. The van der Waals surface area contributed by atoms with E-state index in [0.717, 1.165) is 20.6 Å². The number of thiophene rings is 1. The Morgan fingerprint density at radius 2 is 2.00 bits per heavy atom. The van der Waals surface area contributed by atoms with Crippen LogP contribution in [0.4, 0.5) is 0 Å². The van der Waals surface area contributed by atoms with E-state index < -0.39 is 0 Å². The van der Waals surface area contributed by atoms with Crippen LogP contribution in [0.5, 0.6) is 0 Å². The molecule has 0 aliphatic heterocycles. The molecule has 0 spiro atoms. The van der Waals surface area contributed by atoms with E-state index in [1.165, 1.54) is 11.3 Å². The molecule has 2 aromatic rings. The van der Waals surface area contributed by atoms with Crippen LogP contribution in [0.15, 0.2) is 12.1 Å². The molecule has 2 unspecified atom stereocenters. The predicted molar refractivity (Wildman–Crippen MR) is 77.8 cm³/mol. The van der Waals surface area contributed by atoms with Gasteiger partial charge in [0.15, 0.2) is 0 Å². The molecular weight excluding hydrogens is 289 g/mol. The summed E-state index contributed by atoms with van der Waals surface area (Å²) in [4.78, 5) is 1.09. The minimum atomic E-state index is -0.0752. The highest BCUT2D eigenvalue weighted by atomic mass is 35.5. The molecule has 6 heteroatoms. The van der Waals surface area contributed by atoms with Gasteiger partial charge in [-0.3, -0.25) is 4.68 Å². The van der Waals surface area contributed by atoms with E-state index in [4.69, 9.17) is 28.9 Å². The van der Waals surface area contributed by atoms with Crippen molar-refractivity contribution in [2.45, 2.75) is 32.9 Å². The summed E-state index contributed by atoms with van der Waals surface area (Å²) in [5.74, 6) is 0. The zero-order valence-electron chi connectivity index (χ0n) is 10.4. The topological polar surface area (TPSA) is 43.8 Å². The summed E-state index contributed by atoms with van der Waals surface area (Å²) in [6, 6.07) is 3.76. The average Bonchev–Trinajstić information content (AvgIpc) is 2.80. The molecule has 0 aliphatic rings. The van der Waals surface area contributed by atoms with Gasteiger partial charge in [-0.1, -0.05) is 23.2 Å². The molecular formula is C12H15Cl2N3S. The first-order chi connectivity index (χ1) is 8.41. The lowest BCUT2D eigenvalue weighted by molar-refractivity contribution is 0.450. The monoisotopic (exact) mass is 303 g/mol. The van der Waals surface area contributed by atoms with Gasteiger partial charge in [0, 0.05) is 10.9 Å². The standard InChI is InChI=1S/C12H15Cl2N3S/c1-6(15)12(9-4-5-10(13)18-9)17-8(3)11(14)7(2)16-17/h4-6,12H,15H2,1-3H3. The van der Waals surface area contributed by atoms with Crippen LogP contribution in [-0.2, 0) is 0 Å². The van der Waals surface area contributed by atoms with Gasteiger partial charge in [0.05, 0.1) is 20.7 Å². The number of aromatic nitrogens is 2. The van der Waals surface area contributed by atoms with Crippen LogP contribution < -0.4 is 5.73 Å². The zero-order valence-corrected chi connectivity index (χ0v) is 12.8. The number of nitrogens with zero attached hydrogens (tertiary/aromatic N) is 2. The van der Waals surface area contributed by atoms with Gasteiger partial charge in [0.2, 0.25) is 0 Å². The third-order valence-corrected chi connectivity index (χ3v) is 4.73. The third kappa shape index (κ3) is 2.43. The molecule has 18 heavy (non-hydrogen) atoms. The molecule has 2 N–H and O–H groups in total. The minimum Gasteiger partial charge on any atom is -0.326 e. The molecule has 2 rings (SSSR count). The van der Waals surface area contributed by atoms with E-state index in [-0.39, 0.29) is 12.1 Å². The molecule has 2 aromatic heterocycles. The van der Waals surface area contributed by atoms with E-state index >= 15 is 0 Å². The molecule has 0 radical (unpaired) electrons. The fourth-order valence-electron chi connectivity index (χ4n) is 2.00. The minimum absolute atomic E-state index is 0.0336. The fraction of sp³-hybridized carbons (Fsp3) is 0.417. The summed E-state index contributed by atoms with van der Waals surface area (Å²) in [6.45, 7) is 5.81. The maximum atomic E-state index is 6.19. The number of hydrogen-bond acceptors (Lipinski definition) is 3. The highest BCUT2D eigenvalue weighted by Gasteiger charge is 2.24. The van der Waals surface area contributed by atoms with Crippen LogP contribution in [0, 0.1) is 13.8 Å². The van der Waals surface area contributed by atoms with Crippen molar-refractivity contribution in [3.63, 3.8) is 0 Å². The quantitative estimate of drug-likeness (QED) is 0.937.